The van der Waals surface area contributed by atoms with Gasteiger partial charge in [-0.05, 0) is 0 Å². The Morgan fingerprint density at radius 3 is 2.42 bits per heavy atom. The molecule has 1 aliphatic rings. The number of rotatable bonds is 0. The van der Waals surface area contributed by atoms with Crippen LogP contribution in [0.2, 0.25) is 0 Å². The SMILES string of the molecule is [CH3-].[CH3-].[Hf].c1cc2c([cH-]1)CCCC2. The van der Waals surface area contributed by atoms with Gasteiger partial charge in [0, 0.05) is 25.8 Å². The molecule has 0 fully saturated rings. The van der Waals surface area contributed by atoms with Crippen LogP contribution in [-0.4, -0.2) is 0 Å². The largest absolute Gasteiger partial charge is 0.358 e. The maximum absolute atomic E-state index is 2.26. The van der Waals surface area contributed by atoms with Crippen LogP contribution in [0.4, 0.5) is 0 Å². The van der Waals surface area contributed by atoms with E-state index in [1.807, 2.05) is 0 Å². The second-order valence-corrected chi connectivity index (χ2v) is 2.78. The summed E-state index contributed by atoms with van der Waals surface area (Å²) < 4.78 is 0. The van der Waals surface area contributed by atoms with Gasteiger partial charge in [-0.3, -0.25) is 0 Å². The summed E-state index contributed by atoms with van der Waals surface area (Å²) in [5.74, 6) is 0. The Morgan fingerprint density at radius 2 is 1.75 bits per heavy atom. The first kappa shape index (κ1) is 14.7. The molecule has 12 heavy (non-hydrogen) atoms. The molecule has 0 spiro atoms. The fraction of sp³-hybridized carbons (Fsp3) is 0.364. The molecule has 2 rings (SSSR count). The molecule has 1 aromatic rings. The standard InChI is InChI=1S/C9H11.2CH3.Hf/c1-2-5-9-7-3-6-8(9)4-1;;;/h3,6-7H,1-2,4-5H2;2*1H3;/q3*-1;. The zero-order chi connectivity index (χ0) is 6.10. The summed E-state index contributed by atoms with van der Waals surface area (Å²) in [4.78, 5) is 0. The molecule has 0 nitrogen and oxygen atoms in total. The first-order valence-corrected chi connectivity index (χ1v) is 3.70. The van der Waals surface area contributed by atoms with E-state index in [9.17, 15) is 0 Å². The van der Waals surface area contributed by atoms with Crippen molar-refractivity contribution in [3.05, 3.63) is 44.2 Å². The fourth-order valence-corrected chi connectivity index (χ4v) is 1.61. The second-order valence-electron chi connectivity index (χ2n) is 2.78. The van der Waals surface area contributed by atoms with Crippen LogP contribution in [0.3, 0.4) is 0 Å². The van der Waals surface area contributed by atoms with Gasteiger partial charge in [-0.1, -0.05) is 25.7 Å². The van der Waals surface area contributed by atoms with Crippen LogP contribution >= 0.6 is 0 Å². The monoisotopic (exact) mass is 329 g/mol. The van der Waals surface area contributed by atoms with E-state index in [2.05, 4.69) is 18.2 Å². The van der Waals surface area contributed by atoms with Crippen molar-refractivity contribution >= 4 is 0 Å². The number of hydrogen-bond acceptors (Lipinski definition) is 0. The molecule has 0 amide bonds. The van der Waals surface area contributed by atoms with Crippen LogP contribution in [0.1, 0.15) is 24.0 Å². The fourth-order valence-electron chi connectivity index (χ4n) is 1.61. The molecule has 0 radical (unpaired) electrons. The van der Waals surface area contributed by atoms with Gasteiger partial charge in [0.05, 0.1) is 0 Å². The van der Waals surface area contributed by atoms with Gasteiger partial charge in [0.1, 0.15) is 0 Å². The molecule has 1 aliphatic carbocycles. The van der Waals surface area contributed by atoms with Gasteiger partial charge in [-0.15, -0.1) is 0 Å². The summed E-state index contributed by atoms with van der Waals surface area (Å²) >= 11 is 0. The third-order valence-electron chi connectivity index (χ3n) is 2.15. The van der Waals surface area contributed by atoms with Crippen molar-refractivity contribution in [2.45, 2.75) is 25.7 Å². The van der Waals surface area contributed by atoms with Crippen molar-refractivity contribution in [1.82, 2.24) is 0 Å². The van der Waals surface area contributed by atoms with Crippen molar-refractivity contribution in [1.29, 1.82) is 0 Å². The molecule has 1 heteroatoms. The molecule has 0 N–H and O–H groups in total. The second kappa shape index (κ2) is 6.71. The molecule has 0 saturated heterocycles. The van der Waals surface area contributed by atoms with Crippen LogP contribution in [0.15, 0.2) is 18.2 Å². The Bertz CT molecular complexity index is 180. The van der Waals surface area contributed by atoms with Crippen LogP contribution < -0.4 is 0 Å². The Labute approximate surface area is 95.5 Å². The Morgan fingerprint density at radius 1 is 1.08 bits per heavy atom. The number of aryl methyl sites for hydroxylation is 2. The van der Waals surface area contributed by atoms with Crippen LogP contribution in [-0.2, 0) is 38.7 Å². The topological polar surface area (TPSA) is 0 Å². The van der Waals surface area contributed by atoms with Crippen molar-refractivity contribution in [2.75, 3.05) is 0 Å². The molecule has 1 aromatic carbocycles. The minimum absolute atomic E-state index is 0. The predicted molar refractivity (Wildman–Crippen MR) is 51.5 cm³/mol. The summed E-state index contributed by atoms with van der Waals surface area (Å²) in [7, 11) is 0. The van der Waals surface area contributed by atoms with Crippen molar-refractivity contribution < 1.29 is 25.8 Å². The summed E-state index contributed by atoms with van der Waals surface area (Å²) in [6, 6.07) is 6.69. The Balaban J connectivity index is 0. The van der Waals surface area contributed by atoms with Gasteiger partial charge in [0.2, 0.25) is 0 Å². The molecular formula is C11H17Hf-3. The zero-order valence-corrected chi connectivity index (χ0v) is 11.7. The van der Waals surface area contributed by atoms with Crippen LogP contribution in [0.25, 0.3) is 0 Å². The summed E-state index contributed by atoms with van der Waals surface area (Å²) in [5, 5.41) is 0. The minimum atomic E-state index is 0. The van der Waals surface area contributed by atoms with E-state index < -0.39 is 0 Å². The zero-order valence-electron chi connectivity index (χ0n) is 8.06. The average molecular weight is 328 g/mol. The third kappa shape index (κ3) is 2.93. The van der Waals surface area contributed by atoms with Gasteiger partial charge >= 0.3 is 0 Å². The smallest absolute Gasteiger partial charge is 0 e. The van der Waals surface area contributed by atoms with E-state index in [1.165, 1.54) is 25.7 Å². The van der Waals surface area contributed by atoms with Gasteiger partial charge in [0.25, 0.3) is 0 Å². The quantitative estimate of drug-likeness (QED) is 0.507. The normalized spacial score (nSPS) is 13.0. The molecular weight excluding hydrogens is 311 g/mol. The van der Waals surface area contributed by atoms with Gasteiger partial charge in [-0.25, -0.2) is 6.07 Å². The molecule has 0 saturated carbocycles. The molecule has 0 heterocycles. The first-order chi connectivity index (χ1) is 4.47. The maximum Gasteiger partial charge on any atom is 0 e. The third-order valence-corrected chi connectivity index (χ3v) is 2.15. The van der Waals surface area contributed by atoms with E-state index >= 15 is 0 Å². The van der Waals surface area contributed by atoms with E-state index in [4.69, 9.17) is 0 Å². The van der Waals surface area contributed by atoms with Crippen LogP contribution in [0, 0.1) is 14.9 Å². The average Bonchev–Trinajstić information content (AvgIpc) is 2.33. The molecule has 68 valence electrons. The Kier molecular flexibility index (Phi) is 8.23. The van der Waals surface area contributed by atoms with Crippen molar-refractivity contribution in [2.24, 2.45) is 0 Å². The van der Waals surface area contributed by atoms with Crippen molar-refractivity contribution in [3.8, 4) is 0 Å². The molecule has 0 aliphatic heterocycles. The van der Waals surface area contributed by atoms with E-state index in [0.29, 0.717) is 0 Å². The minimum Gasteiger partial charge on any atom is -0.358 e. The Hall–Kier alpha value is 0.220. The summed E-state index contributed by atoms with van der Waals surface area (Å²) in [6.07, 6.45) is 5.44. The molecule has 0 unspecified atom stereocenters. The molecule has 0 bridgehead atoms. The number of hydrogen-bond donors (Lipinski definition) is 0. The van der Waals surface area contributed by atoms with Crippen LogP contribution in [0.5, 0.6) is 0 Å². The first-order valence-electron chi connectivity index (χ1n) is 3.70. The predicted octanol–water partition coefficient (Wildman–Crippen LogP) is 3.18. The number of fused-ring (bicyclic) bond motifs is 1. The van der Waals surface area contributed by atoms with Gasteiger partial charge < -0.3 is 14.9 Å². The maximum atomic E-state index is 2.26. The van der Waals surface area contributed by atoms with Gasteiger partial charge in [0.15, 0.2) is 0 Å². The summed E-state index contributed by atoms with van der Waals surface area (Å²) in [6.45, 7) is 0. The van der Waals surface area contributed by atoms with E-state index in [-0.39, 0.29) is 40.7 Å². The molecule has 0 aromatic heterocycles. The summed E-state index contributed by atoms with van der Waals surface area (Å²) in [5.41, 5.74) is 3.20. The van der Waals surface area contributed by atoms with E-state index in [1.54, 1.807) is 11.1 Å². The van der Waals surface area contributed by atoms with E-state index in [0.717, 1.165) is 0 Å². The molecule has 0 atom stereocenters. The van der Waals surface area contributed by atoms with Crippen molar-refractivity contribution in [3.63, 3.8) is 0 Å². The van der Waals surface area contributed by atoms with Gasteiger partial charge in [-0.2, -0.15) is 23.3 Å².